The molecule has 4 rings (SSSR count). The number of piperidine rings is 1. The molecule has 1 aliphatic heterocycles. The molecule has 0 radical (unpaired) electrons. The summed E-state index contributed by atoms with van der Waals surface area (Å²) in [6.45, 7) is 7.83. The van der Waals surface area contributed by atoms with Gasteiger partial charge in [0.05, 0.1) is 10.9 Å². The largest absolute Gasteiger partial charge is 0.423 e. The normalized spacial score (nSPS) is 16.2. The van der Waals surface area contributed by atoms with E-state index in [0.717, 1.165) is 29.5 Å². The van der Waals surface area contributed by atoms with Gasteiger partial charge in [0, 0.05) is 32.1 Å². The Kier molecular flexibility index (Phi) is 7.23. The Balaban J connectivity index is 1.33. The van der Waals surface area contributed by atoms with Crippen LogP contribution in [0.5, 0.6) is 0 Å². The minimum absolute atomic E-state index is 0.0181. The first-order chi connectivity index (χ1) is 16.3. The molecule has 1 fully saturated rings. The number of benzene rings is 2. The highest BCUT2D eigenvalue weighted by Gasteiger charge is 2.28. The first kappa shape index (κ1) is 24.2. The predicted molar refractivity (Wildman–Crippen MR) is 132 cm³/mol. The molecule has 0 aliphatic carbocycles. The summed E-state index contributed by atoms with van der Waals surface area (Å²) in [4.78, 5) is 19.8. The maximum Gasteiger partial charge on any atom is 0.298 e. The number of carbonyl (C=O) groups is 1. The van der Waals surface area contributed by atoms with E-state index in [0.29, 0.717) is 32.2 Å². The highest BCUT2D eigenvalue weighted by molar-refractivity contribution is 7.89. The monoisotopic (exact) mass is 484 g/mol. The van der Waals surface area contributed by atoms with E-state index < -0.39 is 10.0 Å². The zero-order chi connectivity index (χ0) is 24.3. The lowest BCUT2D eigenvalue weighted by Gasteiger charge is -2.30. The van der Waals surface area contributed by atoms with Gasteiger partial charge in [-0.1, -0.05) is 38.1 Å². The Labute approximate surface area is 201 Å². The number of sulfonamides is 1. The number of hydrogen-bond acceptors (Lipinski definition) is 6. The van der Waals surface area contributed by atoms with Crippen LogP contribution >= 0.6 is 0 Å². The molecular weight excluding hydrogens is 452 g/mol. The topological polar surface area (TPSA) is 95.8 Å². The van der Waals surface area contributed by atoms with Gasteiger partial charge >= 0.3 is 0 Å². The molecule has 2 aromatic carbocycles. The number of aromatic nitrogens is 1. The lowest BCUT2D eigenvalue weighted by molar-refractivity contribution is -0.126. The second-order valence-electron chi connectivity index (χ2n) is 8.61. The number of rotatable bonds is 8. The Morgan fingerprint density at radius 1 is 1.12 bits per heavy atom. The standard InChI is InChI=1S/C25H32N4O4S/c1-4-29(5-2)34(31,32)21-12-10-19(11-13-21)18(3)26-24(30)20-14-16-28(17-15-20)25-27-22-8-6-7-9-23(22)33-25/h6-13,18,20H,4-5,14-17H2,1-3H3,(H,26,30)/t18-/m1/s1. The number of nitrogens with zero attached hydrogens (tertiary/aromatic N) is 3. The molecule has 8 nitrogen and oxygen atoms in total. The van der Waals surface area contributed by atoms with Crippen LogP contribution in [-0.2, 0) is 14.8 Å². The third kappa shape index (κ3) is 4.95. The molecule has 0 spiro atoms. The van der Waals surface area contributed by atoms with Crippen LogP contribution in [0, 0.1) is 5.92 Å². The third-order valence-electron chi connectivity index (χ3n) is 6.50. The molecule has 0 saturated carbocycles. The second-order valence-corrected chi connectivity index (χ2v) is 10.6. The van der Waals surface area contributed by atoms with Crippen molar-refractivity contribution in [3.8, 4) is 0 Å². The Morgan fingerprint density at radius 2 is 1.76 bits per heavy atom. The molecule has 1 aliphatic rings. The van der Waals surface area contributed by atoms with Gasteiger partial charge in [0.2, 0.25) is 15.9 Å². The maximum absolute atomic E-state index is 12.9. The predicted octanol–water partition coefficient (Wildman–Crippen LogP) is 3.95. The van der Waals surface area contributed by atoms with E-state index >= 15 is 0 Å². The van der Waals surface area contributed by atoms with Crippen molar-refractivity contribution in [2.24, 2.45) is 5.92 Å². The number of para-hydroxylation sites is 2. The van der Waals surface area contributed by atoms with E-state index in [4.69, 9.17) is 4.42 Å². The van der Waals surface area contributed by atoms with E-state index in [-0.39, 0.29) is 22.8 Å². The molecule has 1 aromatic heterocycles. The molecule has 1 saturated heterocycles. The summed E-state index contributed by atoms with van der Waals surface area (Å²) in [5.74, 6) is -0.0602. The van der Waals surface area contributed by atoms with Crippen LogP contribution in [0.1, 0.15) is 45.2 Å². The van der Waals surface area contributed by atoms with E-state index in [1.165, 1.54) is 4.31 Å². The molecule has 34 heavy (non-hydrogen) atoms. The maximum atomic E-state index is 12.9. The lowest BCUT2D eigenvalue weighted by atomic mass is 9.95. The van der Waals surface area contributed by atoms with Gasteiger partial charge < -0.3 is 14.6 Å². The van der Waals surface area contributed by atoms with Crippen LogP contribution < -0.4 is 10.2 Å². The van der Waals surface area contributed by atoms with Crippen LogP contribution in [0.25, 0.3) is 11.1 Å². The van der Waals surface area contributed by atoms with Crippen molar-refractivity contribution in [1.82, 2.24) is 14.6 Å². The minimum Gasteiger partial charge on any atom is -0.423 e. The molecule has 0 unspecified atom stereocenters. The lowest BCUT2D eigenvalue weighted by Crippen LogP contribution is -2.41. The van der Waals surface area contributed by atoms with Gasteiger partial charge in [0.1, 0.15) is 5.52 Å². The summed E-state index contributed by atoms with van der Waals surface area (Å²) < 4.78 is 32.6. The van der Waals surface area contributed by atoms with Gasteiger partial charge in [-0.25, -0.2) is 8.42 Å². The number of hydrogen-bond donors (Lipinski definition) is 1. The smallest absolute Gasteiger partial charge is 0.298 e. The molecule has 1 amide bonds. The fourth-order valence-corrected chi connectivity index (χ4v) is 5.84. The van der Waals surface area contributed by atoms with Crippen molar-refractivity contribution in [3.63, 3.8) is 0 Å². The third-order valence-corrected chi connectivity index (χ3v) is 8.57. The molecule has 2 heterocycles. The molecule has 1 N–H and O–H groups in total. The SMILES string of the molecule is CCN(CC)S(=O)(=O)c1ccc([C@@H](C)NC(=O)C2CCN(c3nc4ccccc4o3)CC2)cc1. The fourth-order valence-electron chi connectivity index (χ4n) is 4.38. The summed E-state index contributed by atoms with van der Waals surface area (Å²) in [5, 5.41) is 3.09. The van der Waals surface area contributed by atoms with Gasteiger partial charge in [-0.2, -0.15) is 9.29 Å². The zero-order valence-corrected chi connectivity index (χ0v) is 20.7. The quantitative estimate of drug-likeness (QED) is 0.520. The fraction of sp³-hybridized carbons (Fsp3) is 0.440. The molecule has 3 aromatic rings. The summed E-state index contributed by atoms with van der Waals surface area (Å²) in [6, 6.07) is 14.9. The van der Waals surface area contributed by atoms with Crippen LogP contribution in [0.2, 0.25) is 0 Å². The summed E-state index contributed by atoms with van der Waals surface area (Å²) in [6.07, 6.45) is 1.44. The molecular formula is C25H32N4O4S. The van der Waals surface area contributed by atoms with Crippen LogP contribution in [0.15, 0.2) is 57.8 Å². The average Bonchev–Trinajstić information content (AvgIpc) is 3.29. The first-order valence-corrected chi connectivity index (χ1v) is 13.3. The molecule has 0 bridgehead atoms. The van der Waals surface area contributed by atoms with Crippen molar-refractivity contribution in [3.05, 3.63) is 54.1 Å². The van der Waals surface area contributed by atoms with Gasteiger partial charge in [0.25, 0.3) is 6.01 Å². The number of oxazole rings is 1. The van der Waals surface area contributed by atoms with Gasteiger partial charge in [-0.15, -0.1) is 0 Å². The molecule has 182 valence electrons. The summed E-state index contributed by atoms with van der Waals surface area (Å²) in [7, 11) is -3.49. The van der Waals surface area contributed by atoms with E-state index in [9.17, 15) is 13.2 Å². The number of carbonyl (C=O) groups excluding carboxylic acids is 1. The van der Waals surface area contributed by atoms with Crippen molar-refractivity contribution >= 4 is 33.0 Å². The second kappa shape index (κ2) is 10.1. The Bertz CT molecular complexity index is 1190. The average molecular weight is 485 g/mol. The summed E-state index contributed by atoms with van der Waals surface area (Å²) in [5.41, 5.74) is 2.47. The van der Waals surface area contributed by atoms with Gasteiger partial charge in [-0.3, -0.25) is 4.79 Å². The van der Waals surface area contributed by atoms with E-state index in [1.54, 1.807) is 24.3 Å². The number of anilines is 1. The number of fused-ring (bicyclic) bond motifs is 1. The zero-order valence-electron chi connectivity index (χ0n) is 19.9. The number of nitrogens with one attached hydrogen (secondary N) is 1. The summed E-state index contributed by atoms with van der Waals surface area (Å²) >= 11 is 0. The van der Waals surface area contributed by atoms with Gasteiger partial charge in [0.15, 0.2) is 5.58 Å². The van der Waals surface area contributed by atoms with Crippen LogP contribution in [-0.4, -0.2) is 49.8 Å². The van der Waals surface area contributed by atoms with Crippen molar-refractivity contribution in [1.29, 1.82) is 0 Å². The molecule has 9 heteroatoms. The van der Waals surface area contributed by atoms with Crippen molar-refractivity contribution < 1.29 is 17.6 Å². The highest BCUT2D eigenvalue weighted by atomic mass is 32.2. The highest BCUT2D eigenvalue weighted by Crippen LogP contribution is 2.27. The Hall–Kier alpha value is -2.91. The van der Waals surface area contributed by atoms with Crippen molar-refractivity contribution in [2.45, 2.75) is 44.6 Å². The first-order valence-electron chi connectivity index (χ1n) is 11.8. The van der Waals surface area contributed by atoms with E-state index in [1.807, 2.05) is 45.0 Å². The molecule has 1 atom stereocenters. The van der Waals surface area contributed by atoms with Crippen molar-refractivity contribution in [2.75, 3.05) is 31.1 Å². The van der Waals surface area contributed by atoms with E-state index in [2.05, 4.69) is 15.2 Å². The Morgan fingerprint density at radius 3 is 2.38 bits per heavy atom. The minimum atomic E-state index is -3.49. The van der Waals surface area contributed by atoms with Crippen LogP contribution in [0.3, 0.4) is 0 Å². The van der Waals surface area contributed by atoms with Gasteiger partial charge in [-0.05, 0) is 49.6 Å². The van der Waals surface area contributed by atoms with Crippen LogP contribution in [0.4, 0.5) is 6.01 Å². The number of amides is 1.